The van der Waals surface area contributed by atoms with Gasteiger partial charge in [0, 0.05) is 17.9 Å². The summed E-state index contributed by atoms with van der Waals surface area (Å²) in [7, 11) is 0. The fourth-order valence-electron chi connectivity index (χ4n) is 3.02. The Morgan fingerprint density at radius 2 is 1.93 bits per heavy atom. The fraction of sp³-hybridized carbons (Fsp3) is 0.474. The minimum Gasteiger partial charge on any atom is -0.496 e. The number of amides is 1. The molecule has 2 rings (SSSR count). The van der Waals surface area contributed by atoms with Gasteiger partial charge in [0.05, 0.1) is 23.7 Å². The van der Waals surface area contributed by atoms with Gasteiger partial charge in [-0.05, 0) is 42.2 Å². The number of carbonyl (C=O) groups is 1. The van der Waals surface area contributed by atoms with E-state index in [1.54, 1.807) is 0 Å². The maximum atomic E-state index is 12.5. The van der Waals surface area contributed by atoms with Gasteiger partial charge in [-0.3, -0.25) is 10.2 Å². The first kappa shape index (κ1) is 20.8. The molecular formula is C19H24F3N3O2. The molecular weight excluding hydrogens is 359 g/mol. The van der Waals surface area contributed by atoms with E-state index in [0.717, 1.165) is 36.4 Å². The molecule has 1 aromatic rings. The van der Waals surface area contributed by atoms with E-state index < -0.39 is 17.6 Å². The van der Waals surface area contributed by atoms with E-state index in [1.807, 2.05) is 13.0 Å². The van der Waals surface area contributed by atoms with Gasteiger partial charge >= 0.3 is 6.18 Å². The number of nitrogens with one attached hydrogen (secondary N) is 2. The predicted octanol–water partition coefficient (Wildman–Crippen LogP) is 3.56. The lowest BCUT2D eigenvalue weighted by Gasteiger charge is -2.32. The van der Waals surface area contributed by atoms with Crippen LogP contribution in [0.2, 0.25) is 0 Å². The van der Waals surface area contributed by atoms with Gasteiger partial charge < -0.3 is 15.8 Å². The van der Waals surface area contributed by atoms with Crippen LogP contribution < -0.4 is 11.1 Å². The Hall–Kier alpha value is -2.51. The summed E-state index contributed by atoms with van der Waals surface area (Å²) in [4.78, 5) is 12.0. The lowest BCUT2D eigenvalue weighted by atomic mass is 9.77. The van der Waals surface area contributed by atoms with Gasteiger partial charge in [0.25, 0.3) is 5.91 Å². The molecule has 3 atom stereocenters. The van der Waals surface area contributed by atoms with Gasteiger partial charge in [-0.15, -0.1) is 0 Å². The number of rotatable bonds is 6. The van der Waals surface area contributed by atoms with Crippen LogP contribution in [-0.2, 0) is 10.9 Å². The quantitative estimate of drug-likeness (QED) is 0.399. The minimum absolute atomic E-state index is 0.103. The highest BCUT2D eigenvalue weighted by molar-refractivity contribution is 5.94. The third kappa shape index (κ3) is 5.48. The Bertz CT molecular complexity index is 714. The van der Waals surface area contributed by atoms with E-state index in [0.29, 0.717) is 5.92 Å². The van der Waals surface area contributed by atoms with Crippen LogP contribution in [-0.4, -0.2) is 24.9 Å². The number of alkyl halides is 3. The Balaban J connectivity index is 1.83. The summed E-state index contributed by atoms with van der Waals surface area (Å²) in [6, 6.07) is 4.04. The summed E-state index contributed by atoms with van der Waals surface area (Å²) < 4.78 is 43.3. The van der Waals surface area contributed by atoms with E-state index in [2.05, 4.69) is 12.2 Å². The number of amidine groups is 1. The third-order valence-corrected chi connectivity index (χ3v) is 4.86. The summed E-state index contributed by atoms with van der Waals surface area (Å²) in [5.74, 6) is 0.796. The van der Waals surface area contributed by atoms with Crippen LogP contribution in [0.3, 0.4) is 0 Å². The van der Waals surface area contributed by atoms with Gasteiger partial charge in [-0.1, -0.05) is 13.8 Å². The number of benzene rings is 1. The molecule has 1 aromatic carbocycles. The van der Waals surface area contributed by atoms with E-state index in [9.17, 15) is 18.0 Å². The Kier molecular flexibility index (Phi) is 6.51. The number of halogens is 3. The largest absolute Gasteiger partial charge is 0.496 e. The molecule has 0 fully saturated rings. The Morgan fingerprint density at radius 1 is 1.30 bits per heavy atom. The highest BCUT2D eigenvalue weighted by Crippen LogP contribution is 2.33. The summed E-state index contributed by atoms with van der Waals surface area (Å²) in [5, 5.41) is 10.3. The number of carbonyl (C=O) groups excluding carboxylic acids is 1. The molecule has 0 saturated carbocycles. The van der Waals surface area contributed by atoms with Crippen LogP contribution >= 0.6 is 0 Å². The van der Waals surface area contributed by atoms with Crippen molar-refractivity contribution in [3.05, 3.63) is 47.2 Å². The predicted molar refractivity (Wildman–Crippen MR) is 96.2 cm³/mol. The normalized spacial score (nSPS) is 22.7. The first-order chi connectivity index (χ1) is 12.6. The molecule has 0 bridgehead atoms. The maximum absolute atomic E-state index is 12.5. The van der Waals surface area contributed by atoms with Gasteiger partial charge in [-0.25, -0.2) is 0 Å². The molecule has 1 aliphatic carbocycles. The molecule has 27 heavy (non-hydrogen) atoms. The maximum Gasteiger partial charge on any atom is 0.416 e. The van der Waals surface area contributed by atoms with Crippen molar-refractivity contribution < 1.29 is 22.7 Å². The molecule has 4 N–H and O–H groups in total. The molecule has 0 aromatic heterocycles. The van der Waals surface area contributed by atoms with Gasteiger partial charge in [0.1, 0.15) is 6.61 Å². The van der Waals surface area contributed by atoms with E-state index in [1.165, 1.54) is 0 Å². The number of ether oxygens (including phenoxy) is 1. The topological polar surface area (TPSA) is 88.2 Å². The van der Waals surface area contributed by atoms with Crippen molar-refractivity contribution in [2.24, 2.45) is 23.5 Å². The SMILES string of the molecule is CC1CC(OCCNC(=O)c2ccc(C(F)(F)F)cc2)=C[C@H](C(=N)N)C1C. The molecule has 148 valence electrons. The second-order valence-corrected chi connectivity index (χ2v) is 6.83. The van der Waals surface area contributed by atoms with Crippen molar-refractivity contribution in [1.82, 2.24) is 5.32 Å². The number of hydrogen-bond donors (Lipinski definition) is 3. The molecule has 0 heterocycles. The van der Waals surface area contributed by atoms with Gasteiger partial charge in [0.2, 0.25) is 0 Å². The molecule has 5 nitrogen and oxygen atoms in total. The smallest absolute Gasteiger partial charge is 0.416 e. The van der Waals surface area contributed by atoms with Crippen molar-refractivity contribution in [3.63, 3.8) is 0 Å². The highest BCUT2D eigenvalue weighted by Gasteiger charge is 2.31. The summed E-state index contributed by atoms with van der Waals surface area (Å²) >= 11 is 0. The van der Waals surface area contributed by atoms with E-state index in [-0.39, 0.29) is 36.4 Å². The number of hydrogen-bond acceptors (Lipinski definition) is 3. The molecule has 1 aliphatic rings. The molecule has 2 unspecified atom stereocenters. The van der Waals surface area contributed by atoms with E-state index >= 15 is 0 Å². The first-order valence-corrected chi connectivity index (χ1v) is 8.72. The van der Waals surface area contributed by atoms with Gasteiger partial charge in [0.15, 0.2) is 0 Å². The zero-order chi connectivity index (χ0) is 20.2. The standard InChI is InChI=1S/C19H24F3N3O2/c1-11-9-15(10-16(12(11)2)17(23)24)27-8-7-25-18(26)13-3-5-14(6-4-13)19(20,21)22/h3-6,10-12,16H,7-9H2,1-2H3,(H3,23,24)(H,25,26)/t11?,12?,16-/m0/s1. The van der Waals surface area contributed by atoms with Crippen LogP contribution in [0.25, 0.3) is 0 Å². The van der Waals surface area contributed by atoms with Crippen LogP contribution in [0.1, 0.15) is 36.2 Å². The van der Waals surface area contributed by atoms with Crippen molar-refractivity contribution in [2.75, 3.05) is 13.2 Å². The molecule has 0 aliphatic heterocycles. The minimum atomic E-state index is -4.43. The van der Waals surface area contributed by atoms with Crippen LogP contribution in [0.5, 0.6) is 0 Å². The van der Waals surface area contributed by atoms with Crippen LogP contribution in [0.15, 0.2) is 36.1 Å². The highest BCUT2D eigenvalue weighted by atomic mass is 19.4. The van der Waals surface area contributed by atoms with Crippen molar-refractivity contribution in [2.45, 2.75) is 26.4 Å². The first-order valence-electron chi connectivity index (χ1n) is 8.72. The second kappa shape index (κ2) is 8.45. The van der Waals surface area contributed by atoms with Crippen molar-refractivity contribution in [3.8, 4) is 0 Å². The van der Waals surface area contributed by atoms with Crippen LogP contribution in [0, 0.1) is 23.2 Å². The van der Waals surface area contributed by atoms with Crippen molar-refractivity contribution >= 4 is 11.7 Å². The average Bonchev–Trinajstić information content (AvgIpc) is 2.60. The average molecular weight is 383 g/mol. The third-order valence-electron chi connectivity index (χ3n) is 4.86. The second-order valence-electron chi connectivity index (χ2n) is 6.83. The lowest BCUT2D eigenvalue weighted by Crippen LogP contribution is -2.34. The zero-order valence-corrected chi connectivity index (χ0v) is 15.3. The summed E-state index contributed by atoms with van der Waals surface area (Å²) in [6.07, 6.45) is -1.84. The molecule has 1 amide bonds. The van der Waals surface area contributed by atoms with E-state index in [4.69, 9.17) is 15.9 Å². The molecule has 0 saturated heterocycles. The molecule has 0 radical (unpaired) electrons. The molecule has 0 spiro atoms. The monoisotopic (exact) mass is 383 g/mol. The molecule has 8 heteroatoms. The summed E-state index contributed by atoms with van der Waals surface area (Å²) in [6.45, 7) is 4.56. The number of nitrogens with two attached hydrogens (primary N) is 1. The van der Waals surface area contributed by atoms with Crippen molar-refractivity contribution in [1.29, 1.82) is 5.41 Å². The Morgan fingerprint density at radius 3 is 2.48 bits per heavy atom. The number of allylic oxidation sites excluding steroid dienone is 1. The van der Waals surface area contributed by atoms with Crippen LogP contribution in [0.4, 0.5) is 13.2 Å². The lowest BCUT2D eigenvalue weighted by molar-refractivity contribution is -0.137. The van der Waals surface area contributed by atoms with Gasteiger partial charge in [-0.2, -0.15) is 13.2 Å². The fourth-order valence-corrected chi connectivity index (χ4v) is 3.02. The Labute approximate surface area is 156 Å². The zero-order valence-electron chi connectivity index (χ0n) is 15.3. The summed E-state index contributed by atoms with van der Waals surface area (Å²) in [5.41, 5.74) is 4.99.